The lowest BCUT2D eigenvalue weighted by Crippen LogP contribution is -2.69. The number of aromatic nitrogens is 1. The molecular weight excluding hydrogens is 474 g/mol. The molecule has 1 N–H and O–H groups in total. The summed E-state index contributed by atoms with van der Waals surface area (Å²) in [6, 6.07) is 18.3. The van der Waals surface area contributed by atoms with Crippen molar-refractivity contribution in [3.05, 3.63) is 65.0 Å². The Balaban J connectivity index is 1.14. The predicted octanol–water partition coefficient (Wildman–Crippen LogP) is 6.10. The van der Waals surface area contributed by atoms with Gasteiger partial charge >= 0.3 is 0 Å². The number of hydrogen-bond donors (Lipinski definition) is 1. The van der Waals surface area contributed by atoms with Gasteiger partial charge in [-0.25, -0.2) is 4.98 Å². The predicted molar refractivity (Wildman–Crippen MR) is 148 cm³/mol. The van der Waals surface area contributed by atoms with E-state index < -0.39 is 0 Å². The number of likely N-dealkylation sites (tertiary alicyclic amines) is 1. The summed E-state index contributed by atoms with van der Waals surface area (Å²) in [5.41, 5.74) is 5.98. The summed E-state index contributed by atoms with van der Waals surface area (Å²) in [6.45, 7) is 3.72. The van der Waals surface area contributed by atoms with Crippen molar-refractivity contribution in [2.75, 3.05) is 24.5 Å². The average molecular weight is 510 g/mol. The molecule has 9 rings (SSSR count). The van der Waals surface area contributed by atoms with E-state index in [9.17, 15) is 5.11 Å². The van der Waals surface area contributed by atoms with E-state index in [-0.39, 0.29) is 5.41 Å². The number of hydrogen-bond acceptors (Lipinski definition) is 5. The second kappa shape index (κ2) is 7.39. The maximum Gasteiger partial charge on any atom is 0.186 e. The minimum Gasteiger partial charge on any atom is -0.508 e. The van der Waals surface area contributed by atoms with Crippen LogP contribution in [0.4, 0.5) is 5.13 Å². The molecule has 0 radical (unpaired) electrons. The quantitative estimate of drug-likeness (QED) is 0.461. The summed E-state index contributed by atoms with van der Waals surface area (Å²) in [5.74, 6) is 2.82. The Morgan fingerprint density at radius 1 is 1.05 bits per heavy atom. The van der Waals surface area contributed by atoms with Gasteiger partial charge in [0.05, 0.1) is 5.69 Å². The second-order valence-corrected chi connectivity index (χ2v) is 13.8. The average Bonchev–Trinajstić information content (AvgIpc) is 3.38. The van der Waals surface area contributed by atoms with Gasteiger partial charge in [0.25, 0.3) is 0 Å². The van der Waals surface area contributed by atoms with Gasteiger partial charge in [-0.3, -0.25) is 4.90 Å². The van der Waals surface area contributed by atoms with E-state index in [1.54, 1.807) is 0 Å². The van der Waals surface area contributed by atoms with Crippen molar-refractivity contribution >= 4 is 16.5 Å². The molecule has 190 valence electrons. The molecule has 3 aromatic rings. The lowest BCUT2D eigenvalue weighted by Gasteiger charge is -2.66. The van der Waals surface area contributed by atoms with Crippen molar-refractivity contribution < 1.29 is 5.11 Å². The van der Waals surface area contributed by atoms with Crippen LogP contribution in [0.2, 0.25) is 0 Å². The summed E-state index contributed by atoms with van der Waals surface area (Å²) >= 11 is 1.83. The molecule has 2 aliphatic heterocycles. The molecule has 1 aromatic heterocycles. The first kappa shape index (κ1) is 21.6. The van der Waals surface area contributed by atoms with Gasteiger partial charge in [-0.1, -0.05) is 36.4 Å². The number of phenolic OH excluding ortho intramolecular Hbond substituents is 1. The zero-order valence-corrected chi connectivity index (χ0v) is 22.2. The highest BCUT2D eigenvalue weighted by molar-refractivity contribution is 7.14. The number of aromatic hydroxyl groups is 1. The normalized spacial score (nSPS) is 37.5. The van der Waals surface area contributed by atoms with Crippen LogP contribution >= 0.6 is 11.3 Å². The molecule has 4 nitrogen and oxygen atoms in total. The van der Waals surface area contributed by atoms with Crippen molar-refractivity contribution in [3.8, 4) is 17.0 Å². The van der Waals surface area contributed by atoms with Gasteiger partial charge in [0.1, 0.15) is 5.75 Å². The van der Waals surface area contributed by atoms with Crippen LogP contribution in [0.1, 0.15) is 49.7 Å². The van der Waals surface area contributed by atoms with Gasteiger partial charge in [-0.15, -0.1) is 11.3 Å². The van der Waals surface area contributed by atoms with E-state index in [1.165, 1.54) is 79.9 Å². The Labute approximate surface area is 223 Å². The molecule has 5 fully saturated rings. The van der Waals surface area contributed by atoms with Gasteiger partial charge in [-0.2, -0.15) is 0 Å². The maximum atomic E-state index is 10.7. The summed E-state index contributed by atoms with van der Waals surface area (Å²) in [6.07, 6.45) is 9.32. The minimum atomic E-state index is 0.214. The van der Waals surface area contributed by atoms with Crippen molar-refractivity contribution in [1.29, 1.82) is 0 Å². The Morgan fingerprint density at radius 2 is 1.95 bits per heavy atom. The van der Waals surface area contributed by atoms with Crippen LogP contribution in [-0.4, -0.2) is 46.7 Å². The number of fused-ring (bicyclic) bond motifs is 1. The SMILES string of the molecule is Oc1ccc2c(c1)C13CCN(CC4CC4)C(C2)C12CCC1C3[C@@H](CN1c1nc(-c3ccccc3)cs1)C2. The standard InChI is InChI=1S/C32H35N3OS/c36-24-9-8-22-14-28-31-11-10-27-29(32(31,25(22)15-24)12-13-34(28)17-20-6-7-20)23(16-31)18-35(27)30-33-26(19-37-30)21-4-2-1-3-5-21/h1-5,8-9,15,19-20,23,27-29,36H,6-7,10-14,16-18H2/t23-,27?,28?,29?,31?,32?/m1/s1. The third kappa shape index (κ3) is 2.75. The van der Waals surface area contributed by atoms with Crippen LogP contribution in [0, 0.1) is 23.2 Å². The summed E-state index contributed by atoms with van der Waals surface area (Å²) in [4.78, 5) is 10.8. The third-order valence-corrected chi connectivity index (χ3v) is 12.5. The van der Waals surface area contributed by atoms with E-state index in [0.717, 1.165) is 24.1 Å². The van der Waals surface area contributed by atoms with E-state index in [0.29, 0.717) is 29.2 Å². The first-order chi connectivity index (χ1) is 18.2. The number of piperidine rings is 1. The molecule has 3 saturated carbocycles. The Morgan fingerprint density at radius 3 is 2.81 bits per heavy atom. The van der Waals surface area contributed by atoms with Crippen LogP contribution in [0.3, 0.4) is 0 Å². The van der Waals surface area contributed by atoms with Gasteiger partial charge in [0, 0.05) is 41.5 Å². The van der Waals surface area contributed by atoms with E-state index in [1.807, 2.05) is 17.4 Å². The fraction of sp³-hybridized carbons (Fsp3) is 0.531. The lowest BCUT2D eigenvalue weighted by atomic mass is 9.43. The molecule has 0 amide bonds. The van der Waals surface area contributed by atoms with Crippen LogP contribution < -0.4 is 4.90 Å². The molecule has 0 spiro atoms. The molecule has 5 heteroatoms. The molecule has 37 heavy (non-hydrogen) atoms. The number of benzene rings is 2. The second-order valence-electron chi connectivity index (χ2n) is 13.0. The Bertz CT molecular complexity index is 1380. The first-order valence-corrected chi connectivity index (χ1v) is 15.4. The topological polar surface area (TPSA) is 39.6 Å². The van der Waals surface area contributed by atoms with Crippen LogP contribution in [0.5, 0.6) is 5.75 Å². The monoisotopic (exact) mass is 509 g/mol. The number of anilines is 1. The van der Waals surface area contributed by atoms with Gasteiger partial charge in [0.15, 0.2) is 5.13 Å². The highest BCUT2D eigenvalue weighted by atomic mass is 32.1. The van der Waals surface area contributed by atoms with Gasteiger partial charge < -0.3 is 10.0 Å². The minimum absolute atomic E-state index is 0.214. The van der Waals surface area contributed by atoms with E-state index in [2.05, 4.69) is 57.6 Å². The molecule has 2 aromatic carbocycles. The highest BCUT2D eigenvalue weighted by Gasteiger charge is 2.76. The fourth-order valence-electron chi connectivity index (χ4n) is 10.3. The van der Waals surface area contributed by atoms with Gasteiger partial charge in [0.2, 0.25) is 0 Å². The summed E-state index contributed by atoms with van der Waals surface area (Å²) < 4.78 is 0. The number of phenols is 1. The Kier molecular flexibility index (Phi) is 4.30. The molecule has 5 unspecified atom stereocenters. The summed E-state index contributed by atoms with van der Waals surface area (Å²) in [7, 11) is 0. The zero-order valence-electron chi connectivity index (χ0n) is 21.4. The van der Waals surface area contributed by atoms with Crippen molar-refractivity contribution in [1.82, 2.24) is 9.88 Å². The maximum absolute atomic E-state index is 10.7. The summed E-state index contributed by atoms with van der Waals surface area (Å²) in [5, 5.41) is 14.2. The Hall–Kier alpha value is -2.37. The zero-order chi connectivity index (χ0) is 24.4. The third-order valence-electron chi connectivity index (χ3n) is 11.6. The van der Waals surface area contributed by atoms with Crippen molar-refractivity contribution in [2.24, 2.45) is 23.2 Å². The number of thiazole rings is 1. The lowest BCUT2D eigenvalue weighted by molar-refractivity contribution is -0.0920. The number of rotatable bonds is 4. The fourth-order valence-corrected chi connectivity index (χ4v) is 11.2. The van der Waals surface area contributed by atoms with Crippen molar-refractivity contribution in [3.63, 3.8) is 0 Å². The first-order valence-electron chi connectivity index (χ1n) is 14.5. The van der Waals surface area contributed by atoms with Crippen LogP contribution in [0.15, 0.2) is 53.9 Å². The molecule has 4 bridgehead atoms. The van der Waals surface area contributed by atoms with E-state index >= 15 is 0 Å². The molecule has 4 aliphatic carbocycles. The highest BCUT2D eigenvalue weighted by Crippen LogP contribution is 2.75. The van der Waals surface area contributed by atoms with E-state index in [4.69, 9.17) is 4.98 Å². The van der Waals surface area contributed by atoms with Crippen LogP contribution in [-0.2, 0) is 11.8 Å². The smallest absolute Gasteiger partial charge is 0.186 e. The largest absolute Gasteiger partial charge is 0.508 e. The molecule has 3 heterocycles. The number of nitrogens with zero attached hydrogens (tertiary/aromatic N) is 3. The van der Waals surface area contributed by atoms with Crippen LogP contribution in [0.25, 0.3) is 11.3 Å². The molecule has 6 aliphatic rings. The van der Waals surface area contributed by atoms with Crippen molar-refractivity contribution in [2.45, 2.75) is 62.4 Å². The molecule has 6 atom stereocenters. The molecular formula is C32H35N3OS. The van der Waals surface area contributed by atoms with Gasteiger partial charge in [-0.05, 0) is 97.9 Å². The molecule has 2 saturated heterocycles.